The van der Waals surface area contributed by atoms with Crippen LogP contribution in [-0.2, 0) is 11.8 Å². The Bertz CT molecular complexity index is 1120. The van der Waals surface area contributed by atoms with E-state index in [1.165, 1.54) is 24.6 Å². The second-order valence-corrected chi connectivity index (χ2v) is 7.66. The summed E-state index contributed by atoms with van der Waals surface area (Å²) < 4.78 is 5.74. The van der Waals surface area contributed by atoms with Gasteiger partial charge in [-0.1, -0.05) is 36.7 Å². The van der Waals surface area contributed by atoms with Crippen molar-refractivity contribution in [2.75, 3.05) is 5.75 Å². The molecule has 5 rings (SSSR count). The molecule has 3 heterocycles. The molecular formula is C17H19N7OS. The summed E-state index contributed by atoms with van der Waals surface area (Å²) in [4.78, 5) is 12.2. The van der Waals surface area contributed by atoms with Crippen LogP contribution in [0.25, 0.3) is 22.6 Å². The number of carbonyl (C=O) groups excluding carboxylic acids is 1. The SMILES string of the molecule is Cn1c2ccccc2n2c1nn1c(SCC(=O)NC3CCCC3)nnc12. The van der Waals surface area contributed by atoms with Gasteiger partial charge in [0, 0.05) is 13.1 Å². The number of nitrogens with one attached hydrogen (secondary N) is 1. The third-order valence-electron chi connectivity index (χ3n) is 5.02. The first-order valence-corrected chi connectivity index (χ1v) is 9.80. The molecule has 0 saturated heterocycles. The Labute approximate surface area is 153 Å². The number of fused-ring (bicyclic) bond motifs is 5. The van der Waals surface area contributed by atoms with Gasteiger partial charge in [0.2, 0.25) is 16.8 Å². The van der Waals surface area contributed by atoms with E-state index >= 15 is 0 Å². The lowest BCUT2D eigenvalue weighted by atomic mass is 10.2. The summed E-state index contributed by atoms with van der Waals surface area (Å²) in [6.07, 6.45) is 4.59. The Kier molecular flexibility index (Phi) is 3.63. The smallest absolute Gasteiger partial charge is 0.260 e. The lowest BCUT2D eigenvalue weighted by Crippen LogP contribution is -2.33. The minimum absolute atomic E-state index is 0.0489. The number of nitrogens with zero attached hydrogens (tertiary/aromatic N) is 6. The molecule has 1 amide bonds. The molecule has 1 N–H and O–H groups in total. The number of carbonyl (C=O) groups is 1. The van der Waals surface area contributed by atoms with Gasteiger partial charge < -0.3 is 9.88 Å². The van der Waals surface area contributed by atoms with Crippen molar-refractivity contribution in [2.45, 2.75) is 36.9 Å². The van der Waals surface area contributed by atoms with Crippen molar-refractivity contribution >= 4 is 40.3 Å². The Morgan fingerprint density at radius 3 is 2.77 bits per heavy atom. The van der Waals surface area contributed by atoms with Gasteiger partial charge in [0.05, 0.1) is 16.8 Å². The summed E-state index contributed by atoms with van der Waals surface area (Å²) in [6.45, 7) is 0. The average molecular weight is 369 g/mol. The highest BCUT2D eigenvalue weighted by atomic mass is 32.2. The number of para-hydroxylation sites is 2. The second-order valence-electron chi connectivity index (χ2n) is 6.72. The molecule has 1 fully saturated rings. The maximum atomic E-state index is 12.2. The first-order valence-electron chi connectivity index (χ1n) is 8.82. The standard InChI is InChI=1S/C17H19N7OS/c1-22-12-8-4-5-9-13(12)23-15-19-20-17(24(15)21-16(22)23)26-10-14(25)18-11-6-2-3-7-11/h4-5,8-9,11H,2-3,6-7,10H2,1H3,(H,18,25). The normalized spacial score (nSPS) is 15.6. The lowest BCUT2D eigenvalue weighted by molar-refractivity contribution is -0.119. The third kappa shape index (κ3) is 2.38. The summed E-state index contributed by atoms with van der Waals surface area (Å²) >= 11 is 1.37. The molecule has 134 valence electrons. The van der Waals surface area contributed by atoms with E-state index in [9.17, 15) is 4.79 Å². The van der Waals surface area contributed by atoms with E-state index in [0.717, 1.165) is 29.7 Å². The van der Waals surface area contributed by atoms with E-state index in [2.05, 4.69) is 26.7 Å². The molecule has 8 nitrogen and oxygen atoms in total. The molecule has 0 unspecified atom stereocenters. The first kappa shape index (κ1) is 15.7. The van der Waals surface area contributed by atoms with Crippen molar-refractivity contribution in [3.63, 3.8) is 0 Å². The van der Waals surface area contributed by atoms with Crippen molar-refractivity contribution in [3.05, 3.63) is 24.3 Å². The third-order valence-corrected chi connectivity index (χ3v) is 5.94. The first-order chi connectivity index (χ1) is 12.7. The summed E-state index contributed by atoms with van der Waals surface area (Å²) in [6, 6.07) is 8.44. The molecule has 26 heavy (non-hydrogen) atoms. The zero-order chi connectivity index (χ0) is 17.7. The highest BCUT2D eigenvalue weighted by Gasteiger charge is 2.20. The van der Waals surface area contributed by atoms with Crippen LogP contribution in [0.2, 0.25) is 0 Å². The fourth-order valence-electron chi connectivity index (χ4n) is 3.75. The molecule has 1 aliphatic carbocycles. The number of thioether (sulfide) groups is 1. The van der Waals surface area contributed by atoms with Crippen molar-refractivity contribution < 1.29 is 4.79 Å². The van der Waals surface area contributed by atoms with E-state index in [4.69, 9.17) is 0 Å². The highest BCUT2D eigenvalue weighted by Crippen LogP contribution is 2.24. The zero-order valence-electron chi connectivity index (χ0n) is 14.4. The fraction of sp³-hybridized carbons (Fsp3) is 0.412. The van der Waals surface area contributed by atoms with Crippen LogP contribution >= 0.6 is 11.8 Å². The van der Waals surface area contributed by atoms with Gasteiger partial charge >= 0.3 is 0 Å². The summed E-state index contributed by atoms with van der Waals surface area (Å²) in [5.41, 5.74) is 2.13. The topological polar surface area (TPSA) is 81.5 Å². The molecule has 0 spiro atoms. The molecule has 1 saturated carbocycles. The van der Waals surface area contributed by atoms with Gasteiger partial charge in [0.25, 0.3) is 5.78 Å². The van der Waals surface area contributed by atoms with E-state index in [1.54, 1.807) is 4.52 Å². The van der Waals surface area contributed by atoms with Gasteiger partial charge in [0.15, 0.2) is 0 Å². The van der Waals surface area contributed by atoms with Gasteiger partial charge in [-0.2, -0.15) is 4.52 Å². The molecule has 1 aromatic carbocycles. The van der Waals surface area contributed by atoms with Gasteiger partial charge in [-0.05, 0) is 25.0 Å². The monoisotopic (exact) mass is 369 g/mol. The van der Waals surface area contributed by atoms with Crippen molar-refractivity contribution in [1.82, 2.24) is 34.1 Å². The van der Waals surface area contributed by atoms with Crippen molar-refractivity contribution in [1.29, 1.82) is 0 Å². The minimum atomic E-state index is 0.0489. The van der Waals surface area contributed by atoms with Crippen LogP contribution in [0.1, 0.15) is 25.7 Å². The Morgan fingerprint density at radius 1 is 1.19 bits per heavy atom. The van der Waals surface area contributed by atoms with Gasteiger partial charge in [-0.15, -0.1) is 15.3 Å². The zero-order valence-corrected chi connectivity index (χ0v) is 15.2. The Morgan fingerprint density at radius 2 is 1.96 bits per heavy atom. The summed E-state index contributed by atoms with van der Waals surface area (Å²) in [5.74, 6) is 1.84. The number of rotatable bonds is 4. The van der Waals surface area contributed by atoms with Crippen molar-refractivity contribution in [2.24, 2.45) is 7.05 Å². The Hall–Kier alpha value is -2.55. The molecule has 4 aromatic rings. The van der Waals surface area contributed by atoms with Crippen LogP contribution in [-0.4, -0.2) is 46.5 Å². The number of imidazole rings is 1. The van der Waals surface area contributed by atoms with E-state index in [-0.39, 0.29) is 5.91 Å². The molecule has 3 aromatic heterocycles. The molecule has 0 atom stereocenters. The van der Waals surface area contributed by atoms with Gasteiger partial charge in [-0.3, -0.25) is 4.79 Å². The second kappa shape index (κ2) is 6.01. The minimum Gasteiger partial charge on any atom is -0.353 e. The predicted octanol–water partition coefficient (Wildman–Crippen LogP) is 2.02. The number of hydrogen-bond acceptors (Lipinski definition) is 5. The summed E-state index contributed by atoms with van der Waals surface area (Å²) in [5, 5.41) is 16.9. The number of aromatic nitrogens is 6. The van der Waals surface area contributed by atoms with Crippen LogP contribution in [0.5, 0.6) is 0 Å². The number of amides is 1. The summed E-state index contributed by atoms with van der Waals surface area (Å²) in [7, 11) is 1.99. The van der Waals surface area contributed by atoms with E-state index in [1.807, 2.05) is 34.2 Å². The van der Waals surface area contributed by atoms with Crippen LogP contribution in [0.15, 0.2) is 29.4 Å². The van der Waals surface area contributed by atoms with Crippen LogP contribution in [0.3, 0.4) is 0 Å². The maximum absolute atomic E-state index is 12.2. The van der Waals surface area contributed by atoms with Crippen LogP contribution in [0.4, 0.5) is 0 Å². The number of aryl methyl sites for hydroxylation is 1. The van der Waals surface area contributed by atoms with Crippen molar-refractivity contribution in [3.8, 4) is 0 Å². The number of hydrogen-bond donors (Lipinski definition) is 1. The Balaban J connectivity index is 1.44. The molecule has 0 bridgehead atoms. The molecule has 0 aliphatic heterocycles. The predicted molar refractivity (Wildman–Crippen MR) is 99.3 cm³/mol. The molecule has 9 heteroatoms. The molecule has 1 aliphatic rings. The average Bonchev–Trinajstić information content (AvgIpc) is 3.39. The quantitative estimate of drug-likeness (QED) is 0.557. The van der Waals surface area contributed by atoms with Gasteiger partial charge in [-0.25, -0.2) is 4.40 Å². The van der Waals surface area contributed by atoms with Crippen LogP contribution < -0.4 is 5.32 Å². The highest BCUT2D eigenvalue weighted by molar-refractivity contribution is 7.99. The van der Waals surface area contributed by atoms with Crippen LogP contribution in [0, 0.1) is 0 Å². The largest absolute Gasteiger partial charge is 0.353 e. The van der Waals surface area contributed by atoms with E-state index < -0.39 is 0 Å². The number of benzene rings is 1. The lowest BCUT2D eigenvalue weighted by Gasteiger charge is -2.10. The van der Waals surface area contributed by atoms with Gasteiger partial charge in [0.1, 0.15) is 0 Å². The maximum Gasteiger partial charge on any atom is 0.260 e. The fourth-order valence-corrected chi connectivity index (χ4v) is 4.43. The molecular weight excluding hydrogens is 350 g/mol. The van der Waals surface area contributed by atoms with E-state index in [0.29, 0.717) is 22.7 Å². The molecule has 0 radical (unpaired) electrons.